The number of aliphatic hydroxyl groups is 1. The van der Waals surface area contributed by atoms with E-state index in [-0.39, 0.29) is 17.9 Å². The second-order valence-corrected chi connectivity index (χ2v) is 5.48. The van der Waals surface area contributed by atoms with Gasteiger partial charge in [-0.15, -0.1) is 0 Å². The average molecular weight is 301 g/mol. The van der Waals surface area contributed by atoms with Gasteiger partial charge in [-0.25, -0.2) is 0 Å². The quantitative estimate of drug-likeness (QED) is 0.696. The van der Waals surface area contributed by atoms with Crippen LogP contribution in [0.4, 0.5) is 8.78 Å². The van der Waals surface area contributed by atoms with Gasteiger partial charge in [0.2, 0.25) is 0 Å². The number of aryl methyl sites for hydroxylation is 1. The van der Waals surface area contributed by atoms with Crippen LogP contribution in [0.5, 0.6) is 5.75 Å². The van der Waals surface area contributed by atoms with E-state index in [0.29, 0.717) is 6.42 Å². The first kappa shape index (κ1) is 17.9. The molecule has 2 N–H and O–H groups in total. The van der Waals surface area contributed by atoms with E-state index >= 15 is 0 Å². The summed E-state index contributed by atoms with van der Waals surface area (Å²) in [5, 5.41) is 12.7. The molecular weight excluding hydrogens is 276 g/mol. The molecule has 0 bridgehead atoms. The highest BCUT2D eigenvalue weighted by Crippen LogP contribution is 2.20. The van der Waals surface area contributed by atoms with E-state index in [9.17, 15) is 13.9 Å². The molecule has 1 aromatic carbocycles. The first-order chi connectivity index (χ1) is 9.99. The highest BCUT2D eigenvalue weighted by atomic mass is 19.3. The number of hydrogen-bond acceptors (Lipinski definition) is 3. The molecule has 3 nitrogen and oxygen atoms in total. The van der Waals surface area contributed by atoms with E-state index < -0.39 is 6.61 Å². The molecule has 0 saturated heterocycles. The Balaban J connectivity index is 2.54. The molecule has 0 spiro atoms. The number of ether oxygens (including phenoxy) is 1. The predicted octanol–water partition coefficient (Wildman–Crippen LogP) is 3.36. The fourth-order valence-electron chi connectivity index (χ4n) is 2.23. The van der Waals surface area contributed by atoms with Gasteiger partial charge in [0.15, 0.2) is 0 Å². The van der Waals surface area contributed by atoms with Gasteiger partial charge in [0, 0.05) is 12.1 Å². The van der Waals surface area contributed by atoms with Gasteiger partial charge in [-0.1, -0.05) is 19.1 Å². The van der Waals surface area contributed by atoms with Crippen molar-refractivity contribution in [3.05, 3.63) is 29.8 Å². The maximum atomic E-state index is 12.1. The summed E-state index contributed by atoms with van der Waals surface area (Å²) in [6.45, 7) is 2.48. The lowest BCUT2D eigenvalue weighted by atomic mass is 9.90. The number of halogens is 2. The molecule has 0 radical (unpaired) electrons. The van der Waals surface area contributed by atoms with E-state index in [1.165, 1.54) is 0 Å². The first-order valence-corrected chi connectivity index (χ1v) is 7.39. The molecular formula is C16H25F2NO2. The summed E-state index contributed by atoms with van der Waals surface area (Å²) in [6, 6.07) is 6.72. The maximum absolute atomic E-state index is 12.1. The zero-order valence-electron chi connectivity index (χ0n) is 12.7. The fourth-order valence-corrected chi connectivity index (χ4v) is 2.23. The summed E-state index contributed by atoms with van der Waals surface area (Å²) >= 11 is 0. The molecule has 0 fully saturated rings. The molecule has 0 aliphatic heterocycles. The summed E-state index contributed by atoms with van der Waals surface area (Å²) in [7, 11) is 0. The van der Waals surface area contributed by atoms with Crippen molar-refractivity contribution in [2.75, 3.05) is 13.2 Å². The van der Waals surface area contributed by atoms with Crippen molar-refractivity contribution < 1.29 is 18.6 Å². The van der Waals surface area contributed by atoms with E-state index in [1.807, 2.05) is 0 Å². The Bertz CT molecular complexity index is 398. The van der Waals surface area contributed by atoms with E-state index in [2.05, 4.69) is 23.9 Å². The summed E-state index contributed by atoms with van der Waals surface area (Å²) in [5.74, 6) is 0.177. The van der Waals surface area contributed by atoms with Crippen LogP contribution in [-0.2, 0) is 6.42 Å². The van der Waals surface area contributed by atoms with E-state index in [0.717, 1.165) is 31.4 Å². The molecule has 1 atom stereocenters. The van der Waals surface area contributed by atoms with Crippen molar-refractivity contribution in [3.63, 3.8) is 0 Å². The summed E-state index contributed by atoms with van der Waals surface area (Å²) in [5.41, 5.74) is 0.960. The molecule has 0 saturated carbocycles. The first-order valence-electron chi connectivity index (χ1n) is 7.39. The van der Waals surface area contributed by atoms with Crippen molar-refractivity contribution in [3.8, 4) is 5.75 Å². The molecule has 1 rings (SSSR count). The minimum Gasteiger partial charge on any atom is -0.435 e. The van der Waals surface area contributed by atoms with Gasteiger partial charge >= 0.3 is 6.61 Å². The van der Waals surface area contributed by atoms with Crippen LogP contribution in [0.25, 0.3) is 0 Å². The standard InChI is InChI=1S/C16H25F2NO2/c1-3-11-19-16(2,10-12-20)9-8-13-4-6-14(7-5-13)21-15(17)18/h4-7,15,19-20H,3,8-12H2,1-2H3. The van der Waals surface area contributed by atoms with Gasteiger partial charge in [-0.05, 0) is 56.8 Å². The Kier molecular flexibility index (Phi) is 7.61. The molecule has 0 heterocycles. The number of hydrogen-bond donors (Lipinski definition) is 2. The van der Waals surface area contributed by atoms with Crippen LogP contribution in [-0.4, -0.2) is 30.4 Å². The van der Waals surface area contributed by atoms with Crippen molar-refractivity contribution in [2.45, 2.75) is 51.7 Å². The lowest BCUT2D eigenvalue weighted by molar-refractivity contribution is -0.0498. The number of benzene rings is 1. The molecule has 0 aliphatic carbocycles. The predicted molar refractivity (Wildman–Crippen MR) is 79.8 cm³/mol. The third kappa shape index (κ3) is 6.87. The van der Waals surface area contributed by atoms with Gasteiger partial charge in [-0.2, -0.15) is 8.78 Å². The minimum atomic E-state index is -2.79. The Hall–Kier alpha value is -1.20. The van der Waals surface area contributed by atoms with Crippen molar-refractivity contribution in [1.82, 2.24) is 5.32 Å². The average Bonchev–Trinajstić information content (AvgIpc) is 2.44. The smallest absolute Gasteiger partial charge is 0.387 e. The Labute approximate surface area is 125 Å². The molecule has 120 valence electrons. The third-order valence-corrected chi connectivity index (χ3v) is 3.58. The number of alkyl halides is 2. The molecule has 0 amide bonds. The van der Waals surface area contributed by atoms with Gasteiger partial charge in [-0.3, -0.25) is 0 Å². The summed E-state index contributed by atoms with van der Waals surface area (Å²) in [6.07, 6.45) is 3.44. The topological polar surface area (TPSA) is 41.5 Å². The van der Waals surface area contributed by atoms with Gasteiger partial charge < -0.3 is 15.2 Å². The van der Waals surface area contributed by atoms with Crippen LogP contribution in [0.15, 0.2) is 24.3 Å². The van der Waals surface area contributed by atoms with Crippen molar-refractivity contribution >= 4 is 0 Å². The Morgan fingerprint density at radius 3 is 2.43 bits per heavy atom. The zero-order valence-corrected chi connectivity index (χ0v) is 12.7. The second kappa shape index (κ2) is 8.95. The van der Waals surface area contributed by atoms with Crippen molar-refractivity contribution in [1.29, 1.82) is 0 Å². The second-order valence-electron chi connectivity index (χ2n) is 5.48. The summed E-state index contributed by atoms with van der Waals surface area (Å²) in [4.78, 5) is 0. The van der Waals surface area contributed by atoms with E-state index in [1.54, 1.807) is 24.3 Å². The van der Waals surface area contributed by atoms with Gasteiger partial charge in [0.05, 0.1) is 0 Å². The number of rotatable bonds is 10. The van der Waals surface area contributed by atoms with Crippen LogP contribution in [0, 0.1) is 0 Å². The monoisotopic (exact) mass is 301 g/mol. The summed E-state index contributed by atoms with van der Waals surface area (Å²) < 4.78 is 28.5. The van der Waals surface area contributed by atoms with Crippen LogP contribution in [0.2, 0.25) is 0 Å². The fraction of sp³-hybridized carbons (Fsp3) is 0.625. The normalized spacial score (nSPS) is 14.2. The van der Waals surface area contributed by atoms with Crippen LogP contribution in [0.1, 0.15) is 38.7 Å². The highest BCUT2D eigenvalue weighted by molar-refractivity contribution is 5.27. The van der Waals surface area contributed by atoms with Crippen LogP contribution < -0.4 is 10.1 Å². The zero-order chi connectivity index (χ0) is 15.7. The highest BCUT2D eigenvalue weighted by Gasteiger charge is 2.22. The molecule has 0 aliphatic rings. The largest absolute Gasteiger partial charge is 0.435 e. The lowest BCUT2D eigenvalue weighted by Crippen LogP contribution is -2.44. The van der Waals surface area contributed by atoms with Gasteiger partial charge in [0.25, 0.3) is 0 Å². The van der Waals surface area contributed by atoms with Crippen molar-refractivity contribution in [2.24, 2.45) is 0 Å². The molecule has 21 heavy (non-hydrogen) atoms. The van der Waals surface area contributed by atoms with Gasteiger partial charge in [0.1, 0.15) is 5.75 Å². The number of aliphatic hydroxyl groups excluding tert-OH is 1. The molecule has 5 heteroatoms. The Morgan fingerprint density at radius 2 is 1.90 bits per heavy atom. The lowest BCUT2D eigenvalue weighted by Gasteiger charge is -2.30. The van der Waals surface area contributed by atoms with Crippen LogP contribution in [0.3, 0.4) is 0 Å². The van der Waals surface area contributed by atoms with E-state index in [4.69, 9.17) is 0 Å². The maximum Gasteiger partial charge on any atom is 0.387 e. The molecule has 0 aromatic heterocycles. The number of nitrogens with one attached hydrogen (secondary N) is 1. The Morgan fingerprint density at radius 1 is 1.24 bits per heavy atom. The third-order valence-electron chi connectivity index (χ3n) is 3.58. The molecule has 1 aromatic rings. The SMILES string of the molecule is CCCNC(C)(CCO)CCc1ccc(OC(F)F)cc1. The molecule has 1 unspecified atom stereocenters. The van der Waals surface area contributed by atoms with Crippen LogP contribution >= 0.6 is 0 Å². The minimum absolute atomic E-state index is 0.108.